The Morgan fingerprint density at radius 3 is 2.39 bits per heavy atom. The number of halogens is 4. The predicted molar refractivity (Wildman–Crippen MR) is 140 cm³/mol. The van der Waals surface area contributed by atoms with E-state index in [0.29, 0.717) is 51.1 Å². The molecule has 3 aromatic rings. The molecule has 4 rings (SSSR count). The molecule has 0 saturated carbocycles. The minimum atomic E-state index is -4.46. The number of nitrogens with one attached hydrogen (secondary N) is 1. The number of hydrogen-bond donors (Lipinski definition) is 2. The molecule has 8 heteroatoms. The minimum Gasteiger partial charge on any atom is -0.385 e. The zero-order valence-corrected chi connectivity index (χ0v) is 21.1. The van der Waals surface area contributed by atoms with E-state index >= 15 is 0 Å². The molecule has 1 saturated heterocycles. The van der Waals surface area contributed by atoms with Crippen molar-refractivity contribution in [2.75, 3.05) is 31.5 Å². The lowest BCUT2D eigenvalue weighted by Crippen LogP contribution is -2.43. The van der Waals surface area contributed by atoms with Gasteiger partial charge in [0.15, 0.2) is 5.78 Å². The average molecular weight is 529 g/mol. The molecule has 0 atom stereocenters. The van der Waals surface area contributed by atoms with Crippen LogP contribution in [0.3, 0.4) is 0 Å². The number of hydrogen-bond acceptors (Lipinski definition) is 4. The zero-order chi connectivity index (χ0) is 27.2. The van der Waals surface area contributed by atoms with Gasteiger partial charge in [-0.05, 0) is 73.7 Å². The number of benzene rings is 3. The maximum atomic E-state index is 14.6. The smallest absolute Gasteiger partial charge is 0.385 e. The van der Waals surface area contributed by atoms with Crippen LogP contribution in [0.5, 0.6) is 0 Å². The second-order valence-electron chi connectivity index (χ2n) is 9.84. The molecule has 0 amide bonds. The van der Waals surface area contributed by atoms with Gasteiger partial charge in [0.1, 0.15) is 5.82 Å². The van der Waals surface area contributed by atoms with Crippen LogP contribution in [0.1, 0.15) is 52.7 Å². The third-order valence-electron chi connectivity index (χ3n) is 7.14. The van der Waals surface area contributed by atoms with Crippen molar-refractivity contribution in [3.63, 3.8) is 0 Å². The maximum absolute atomic E-state index is 14.6. The summed E-state index contributed by atoms with van der Waals surface area (Å²) in [4.78, 5) is 14.7. The largest absolute Gasteiger partial charge is 0.416 e. The number of likely N-dealkylation sites (tertiary alicyclic amines) is 1. The molecule has 0 spiro atoms. The lowest BCUT2D eigenvalue weighted by molar-refractivity contribution is -0.137. The van der Waals surface area contributed by atoms with Crippen LogP contribution in [0.25, 0.3) is 0 Å². The highest BCUT2D eigenvalue weighted by atomic mass is 19.4. The number of anilines is 1. The van der Waals surface area contributed by atoms with Crippen LogP contribution >= 0.6 is 0 Å². The quantitative estimate of drug-likeness (QED) is 0.235. The number of alkyl halides is 3. The first kappa shape index (κ1) is 27.8. The number of piperidine rings is 1. The van der Waals surface area contributed by atoms with E-state index < -0.39 is 23.2 Å². The molecule has 0 radical (unpaired) electrons. The Labute approximate surface area is 220 Å². The van der Waals surface area contributed by atoms with E-state index in [1.807, 2.05) is 30.3 Å². The highest BCUT2D eigenvalue weighted by Gasteiger charge is 2.37. The molecule has 0 aromatic heterocycles. The Kier molecular flexibility index (Phi) is 8.84. The number of ketones is 1. The fourth-order valence-electron chi connectivity index (χ4n) is 4.87. The van der Waals surface area contributed by atoms with Crippen LogP contribution in [-0.4, -0.2) is 42.0 Å². The average Bonchev–Trinajstić information content (AvgIpc) is 2.90. The normalized spacial score (nSPS) is 15.8. The standard InChI is InChI=1S/C30H32F4N2O2/c31-27-21-25(35-16-13-22-6-2-1-3-7-22)11-12-26(27)28(37)10-5-17-36-18-14-29(38,15-19-36)23-8-4-9-24(20-23)30(32,33)34/h1-4,6-9,11-12,20-21,35,38H,5,10,13-19H2. The molecule has 4 nitrogen and oxygen atoms in total. The Morgan fingerprint density at radius 2 is 1.71 bits per heavy atom. The molecule has 0 aliphatic carbocycles. The minimum absolute atomic E-state index is 0.0659. The Balaban J connectivity index is 1.22. The highest BCUT2D eigenvalue weighted by Crippen LogP contribution is 2.36. The van der Waals surface area contributed by atoms with Gasteiger partial charge in [-0.25, -0.2) is 4.39 Å². The van der Waals surface area contributed by atoms with E-state index in [4.69, 9.17) is 0 Å². The molecule has 0 unspecified atom stereocenters. The van der Waals surface area contributed by atoms with Crippen molar-refractivity contribution in [3.05, 3.63) is 101 Å². The van der Waals surface area contributed by atoms with Gasteiger partial charge in [-0.1, -0.05) is 42.5 Å². The van der Waals surface area contributed by atoms with Crippen LogP contribution < -0.4 is 5.32 Å². The van der Waals surface area contributed by atoms with E-state index in [0.717, 1.165) is 18.6 Å². The van der Waals surface area contributed by atoms with E-state index in [1.165, 1.54) is 29.8 Å². The fourth-order valence-corrected chi connectivity index (χ4v) is 4.87. The van der Waals surface area contributed by atoms with Crippen molar-refractivity contribution >= 4 is 11.5 Å². The van der Waals surface area contributed by atoms with E-state index in [9.17, 15) is 27.5 Å². The first-order valence-electron chi connectivity index (χ1n) is 12.9. The highest BCUT2D eigenvalue weighted by molar-refractivity contribution is 5.96. The first-order chi connectivity index (χ1) is 18.1. The Hall–Kier alpha value is -3.23. The number of aliphatic hydroxyl groups is 1. The van der Waals surface area contributed by atoms with Crippen molar-refractivity contribution < 1.29 is 27.5 Å². The number of nitrogens with zero attached hydrogens (tertiary/aromatic N) is 1. The lowest BCUT2D eigenvalue weighted by Gasteiger charge is -2.38. The predicted octanol–water partition coefficient (Wildman–Crippen LogP) is 6.45. The molecule has 2 N–H and O–H groups in total. The summed E-state index contributed by atoms with van der Waals surface area (Å²) in [7, 11) is 0. The van der Waals surface area contributed by atoms with Gasteiger partial charge in [-0.3, -0.25) is 4.79 Å². The SMILES string of the molecule is O=C(CCCN1CCC(O)(c2cccc(C(F)(F)F)c2)CC1)c1ccc(NCCc2ccccc2)cc1F. The van der Waals surface area contributed by atoms with E-state index in [1.54, 1.807) is 6.07 Å². The topological polar surface area (TPSA) is 52.6 Å². The number of carbonyl (C=O) groups excluding carboxylic acids is 1. The summed E-state index contributed by atoms with van der Waals surface area (Å²) in [5.41, 5.74) is 0.0606. The molecule has 1 fully saturated rings. The molecule has 1 aliphatic heterocycles. The third kappa shape index (κ3) is 7.20. The van der Waals surface area contributed by atoms with Crippen molar-refractivity contribution in [3.8, 4) is 0 Å². The lowest BCUT2D eigenvalue weighted by atomic mass is 9.83. The summed E-state index contributed by atoms with van der Waals surface area (Å²) in [6, 6.07) is 19.4. The second-order valence-corrected chi connectivity index (χ2v) is 9.84. The van der Waals surface area contributed by atoms with Crippen LogP contribution in [0.2, 0.25) is 0 Å². The Bertz CT molecular complexity index is 1220. The van der Waals surface area contributed by atoms with Crippen LogP contribution in [0, 0.1) is 5.82 Å². The van der Waals surface area contributed by atoms with Crippen LogP contribution in [0.4, 0.5) is 23.2 Å². The first-order valence-corrected chi connectivity index (χ1v) is 12.9. The maximum Gasteiger partial charge on any atom is 0.416 e. The van der Waals surface area contributed by atoms with E-state index in [2.05, 4.69) is 10.2 Å². The van der Waals surface area contributed by atoms with Gasteiger partial charge in [-0.2, -0.15) is 13.2 Å². The van der Waals surface area contributed by atoms with Gasteiger partial charge >= 0.3 is 6.18 Å². The molecule has 0 bridgehead atoms. The van der Waals surface area contributed by atoms with Crippen LogP contribution in [-0.2, 0) is 18.2 Å². The number of carbonyl (C=O) groups is 1. The molecular formula is C30H32F4N2O2. The molecule has 38 heavy (non-hydrogen) atoms. The van der Waals surface area contributed by atoms with Gasteiger partial charge in [0, 0.05) is 31.7 Å². The summed E-state index contributed by atoms with van der Waals surface area (Å²) in [6.45, 7) is 2.23. The van der Waals surface area contributed by atoms with Gasteiger partial charge in [-0.15, -0.1) is 0 Å². The summed E-state index contributed by atoms with van der Waals surface area (Å²) in [5.74, 6) is -0.820. The fraction of sp³-hybridized carbons (Fsp3) is 0.367. The Morgan fingerprint density at radius 1 is 0.974 bits per heavy atom. The van der Waals surface area contributed by atoms with Crippen molar-refractivity contribution in [2.45, 2.75) is 43.9 Å². The van der Waals surface area contributed by atoms with Gasteiger partial charge < -0.3 is 15.3 Å². The molecule has 1 aliphatic rings. The summed E-state index contributed by atoms with van der Waals surface area (Å²) >= 11 is 0. The molecular weight excluding hydrogens is 496 g/mol. The zero-order valence-electron chi connectivity index (χ0n) is 21.1. The van der Waals surface area contributed by atoms with Crippen molar-refractivity contribution in [1.82, 2.24) is 4.90 Å². The molecule has 3 aromatic carbocycles. The second kappa shape index (κ2) is 12.1. The summed E-state index contributed by atoms with van der Waals surface area (Å²) in [6.07, 6.45) is -2.34. The molecule has 1 heterocycles. The van der Waals surface area contributed by atoms with Crippen LogP contribution in [0.15, 0.2) is 72.8 Å². The number of Topliss-reactive ketones (excluding diaryl/α,β-unsaturated/α-hetero) is 1. The summed E-state index contributed by atoms with van der Waals surface area (Å²) < 4.78 is 53.8. The number of rotatable bonds is 10. The van der Waals surface area contributed by atoms with Crippen molar-refractivity contribution in [2.24, 2.45) is 0 Å². The summed E-state index contributed by atoms with van der Waals surface area (Å²) in [5, 5.41) is 14.2. The third-order valence-corrected chi connectivity index (χ3v) is 7.14. The molecule has 202 valence electrons. The van der Waals surface area contributed by atoms with Gasteiger partial charge in [0.25, 0.3) is 0 Å². The van der Waals surface area contributed by atoms with Gasteiger partial charge in [0.2, 0.25) is 0 Å². The van der Waals surface area contributed by atoms with Gasteiger partial charge in [0.05, 0.1) is 16.7 Å². The monoisotopic (exact) mass is 528 g/mol. The van der Waals surface area contributed by atoms with Crippen molar-refractivity contribution in [1.29, 1.82) is 0 Å². The van der Waals surface area contributed by atoms with E-state index in [-0.39, 0.29) is 23.3 Å².